The lowest BCUT2D eigenvalue weighted by atomic mass is 10.1. The quantitative estimate of drug-likeness (QED) is 0.193. The number of nitrogens with one attached hydrogen (secondary N) is 1. The van der Waals surface area contributed by atoms with Crippen molar-refractivity contribution in [3.8, 4) is 5.75 Å². The van der Waals surface area contributed by atoms with Crippen LogP contribution in [0.3, 0.4) is 0 Å². The van der Waals surface area contributed by atoms with Crippen molar-refractivity contribution in [3.05, 3.63) is 124 Å². The number of carbonyl (C=O) groups is 1. The van der Waals surface area contributed by atoms with Crippen LogP contribution in [-0.2, 0) is 21.4 Å². The Balaban J connectivity index is 1.42. The molecule has 0 saturated heterocycles. The lowest BCUT2D eigenvalue weighted by Crippen LogP contribution is -2.40. The van der Waals surface area contributed by atoms with Gasteiger partial charge < -0.3 is 4.74 Å². The second kappa shape index (κ2) is 12.6. The summed E-state index contributed by atoms with van der Waals surface area (Å²) in [5.74, 6) is 0.0968. The predicted molar refractivity (Wildman–Crippen MR) is 155 cm³/mol. The molecule has 0 bridgehead atoms. The van der Waals surface area contributed by atoms with Gasteiger partial charge in [-0.3, -0.25) is 9.10 Å². The highest BCUT2D eigenvalue weighted by atomic mass is 35.5. The topological polar surface area (TPSA) is 88.1 Å². The molecule has 7 nitrogen and oxygen atoms in total. The van der Waals surface area contributed by atoms with Gasteiger partial charge in [-0.1, -0.05) is 54.1 Å². The first kappa shape index (κ1) is 27.9. The van der Waals surface area contributed by atoms with Gasteiger partial charge in [-0.2, -0.15) is 5.10 Å². The molecule has 0 aromatic heterocycles. The molecule has 9 heteroatoms. The molecule has 0 aliphatic carbocycles. The first-order valence-electron chi connectivity index (χ1n) is 12.2. The summed E-state index contributed by atoms with van der Waals surface area (Å²) >= 11 is 6.01. The molecule has 200 valence electrons. The van der Waals surface area contributed by atoms with Crippen molar-refractivity contribution < 1.29 is 17.9 Å². The van der Waals surface area contributed by atoms with E-state index in [2.05, 4.69) is 10.5 Å². The van der Waals surface area contributed by atoms with Crippen LogP contribution in [0.4, 0.5) is 5.69 Å². The number of hydrogen-bond donors (Lipinski definition) is 1. The first-order valence-corrected chi connectivity index (χ1v) is 14.0. The maximum absolute atomic E-state index is 13.5. The largest absolute Gasteiger partial charge is 0.489 e. The molecule has 0 fully saturated rings. The Morgan fingerprint density at radius 3 is 2.41 bits per heavy atom. The Morgan fingerprint density at radius 1 is 0.949 bits per heavy atom. The van der Waals surface area contributed by atoms with Crippen LogP contribution in [0.2, 0.25) is 5.02 Å². The number of amides is 1. The Bertz CT molecular complexity index is 1570. The van der Waals surface area contributed by atoms with Gasteiger partial charge in [0.25, 0.3) is 15.9 Å². The summed E-state index contributed by atoms with van der Waals surface area (Å²) in [7, 11) is -4.00. The standard InChI is InChI=1S/C30H28ClN3O4S/c1-22-11-12-23(2)29(17-22)34(39(36,37)28-9-4-3-5-10-28)20-30(35)33-32-19-24-13-15-27(16-14-24)38-21-25-7-6-8-26(31)18-25/h3-19H,20-21H2,1-2H3,(H,33,35)/b32-19-. The number of benzene rings is 4. The third kappa shape index (κ3) is 7.46. The Hall–Kier alpha value is -4.14. The van der Waals surface area contributed by atoms with Crippen LogP contribution in [0.1, 0.15) is 22.3 Å². The van der Waals surface area contributed by atoms with E-state index in [1.165, 1.54) is 18.3 Å². The maximum Gasteiger partial charge on any atom is 0.264 e. The molecule has 4 aromatic carbocycles. The fourth-order valence-corrected chi connectivity index (χ4v) is 5.51. The van der Waals surface area contributed by atoms with Crippen LogP contribution in [0.5, 0.6) is 5.75 Å². The molecule has 1 amide bonds. The fraction of sp³-hybridized carbons (Fsp3) is 0.133. The van der Waals surface area contributed by atoms with E-state index in [4.69, 9.17) is 16.3 Å². The fourth-order valence-electron chi connectivity index (χ4n) is 3.80. The minimum absolute atomic E-state index is 0.0971. The number of sulfonamides is 1. The monoisotopic (exact) mass is 561 g/mol. The summed E-state index contributed by atoms with van der Waals surface area (Å²) < 4.78 is 33.9. The van der Waals surface area contributed by atoms with E-state index in [0.29, 0.717) is 23.1 Å². The molecule has 1 N–H and O–H groups in total. The van der Waals surface area contributed by atoms with Crippen LogP contribution in [-0.4, -0.2) is 27.1 Å². The van der Waals surface area contributed by atoms with Crippen molar-refractivity contribution in [2.24, 2.45) is 5.10 Å². The normalized spacial score (nSPS) is 11.4. The number of rotatable bonds is 10. The van der Waals surface area contributed by atoms with E-state index in [1.54, 1.807) is 61.5 Å². The number of anilines is 1. The van der Waals surface area contributed by atoms with E-state index in [-0.39, 0.29) is 4.90 Å². The number of carbonyl (C=O) groups excluding carboxylic acids is 1. The summed E-state index contributed by atoms with van der Waals surface area (Å²) in [5, 5.41) is 4.67. The second-order valence-corrected chi connectivity index (χ2v) is 11.2. The molecular weight excluding hydrogens is 534 g/mol. The highest BCUT2D eigenvalue weighted by Gasteiger charge is 2.28. The lowest BCUT2D eigenvalue weighted by molar-refractivity contribution is -0.119. The van der Waals surface area contributed by atoms with E-state index >= 15 is 0 Å². The third-order valence-corrected chi connectivity index (χ3v) is 7.84. The van der Waals surface area contributed by atoms with E-state index in [0.717, 1.165) is 26.6 Å². The number of hydrogen-bond acceptors (Lipinski definition) is 5. The lowest BCUT2D eigenvalue weighted by Gasteiger charge is -2.25. The molecule has 0 aliphatic heterocycles. The highest BCUT2D eigenvalue weighted by molar-refractivity contribution is 7.92. The average Bonchev–Trinajstić information content (AvgIpc) is 2.93. The van der Waals surface area contributed by atoms with Gasteiger partial charge in [0, 0.05) is 5.02 Å². The van der Waals surface area contributed by atoms with E-state index in [9.17, 15) is 13.2 Å². The number of nitrogens with zero attached hydrogens (tertiary/aromatic N) is 2. The van der Waals surface area contributed by atoms with Gasteiger partial charge >= 0.3 is 0 Å². The molecule has 4 aromatic rings. The highest BCUT2D eigenvalue weighted by Crippen LogP contribution is 2.27. The van der Waals surface area contributed by atoms with Gasteiger partial charge in [0.2, 0.25) is 0 Å². The molecule has 4 rings (SSSR count). The molecular formula is C30H28ClN3O4S. The predicted octanol–water partition coefficient (Wildman–Crippen LogP) is 5.88. The molecule has 0 radical (unpaired) electrons. The maximum atomic E-state index is 13.5. The third-order valence-electron chi connectivity index (χ3n) is 5.83. The second-order valence-electron chi connectivity index (χ2n) is 8.90. The van der Waals surface area contributed by atoms with Gasteiger partial charge in [-0.25, -0.2) is 13.8 Å². The van der Waals surface area contributed by atoms with Crippen molar-refractivity contribution in [2.45, 2.75) is 25.3 Å². The SMILES string of the molecule is Cc1ccc(C)c(N(CC(=O)N/N=C\c2ccc(OCc3cccc(Cl)c3)cc2)S(=O)(=O)c2ccccc2)c1. The minimum Gasteiger partial charge on any atom is -0.489 e. The van der Waals surface area contributed by atoms with Gasteiger partial charge in [-0.15, -0.1) is 0 Å². The van der Waals surface area contributed by atoms with Crippen molar-refractivity contribution in [1.82, 2.24) is 5.43 Å². The molecule has 0 saturated carbocycles. The van der Waals surface area contributed by atoms with Crippen LogP contribution >= 0.6 is 11.6 Å². The van der Waals surface area contributed by atoms with Crippen LogP contribution in [0.25, 0.3) is 0 Å². The number of aryl methyl sites for hydroxylation is 2. The molecule has 0 heterocycles. The van der Waals surface area contributed by atoms with Crippen molar-refractivity contribution >= 4 is 39.4 Å². The molecule has 0 aliphatic rings. The van der Waals surface area contributed by atoms with Gasteiger partial charge in [-0.05, 0) is 90.7 Å². The van der Waals surface area contributed by atoms with Crippen molar-refractivity contribution in [2.75, 3.05) is 10.8 Å². The Morgan fingerprint density at radius 2 is 1.69 bits per heavy atom. The molecule has 0 unspecified atom stereocenters. The zero-order valence-electron chi connectivity index (χ0n) is 21.5. The number of hydrazone groups is 1. The van der Waals surface area contributed by atoms with Gasteiger partial charge in [0.05, 0.1) is 16.8 Å². The van der Waals surface area contributed by atoms with Crippen LogP contribution < -0.4 is 14.5 Å². The van der Waals surface area contributed by atoms with Gasteiger partial charge in [0.1, 0.15) is 18.9 Å². The molecule has 39 heavy (non-hydrogen) atoms. The van der Waals surface area contributed by atoms with Gasteiger partial charge in [0.15, 0.2) is 0 Å². The minimum atomic E-state index is -4.00. The molecule has 0 atom stereocenters. The van der Waals surface area contributed by atoms with Crippen LogP contribution in [0, 0.1) is 13.8 Å². The summed E-state index contributed by atoms with van der Waals surface area (Å²) in [6, 6.07) is 28.1. The summed E-state index contributed by atoms with van der Waals surface area (Å²) in [6.07, 6.45) is 1.48. The van der Waals surface area contributed by atoms with E-state index in [1.807, 2.05) is 37.3 Å². The number of ether oxygens (including phenoxy) is 1. The first-order chi connectivity index (χ1) is 18.7. The molecule has 0 spiro atoms. The smallest absolute Gasteiger partial charge is 0.264 e. The number of halogens is 1. The summed E-state index contributed by atoms with van der Waals surface area (Å²) in [4.78, 5) is 12.9. The zero-order chi connectivity index (χ0) is 27.8. The van der Waals surface area contributed by atoms with E-state index < -0.39 is 22.5 Å². The van der Waals surface area contributed by atoms with Crippen molar-refractivity contribution in [1.29, 1.82) is 0 Å². The summed E-state index contributed by atoms with van der Waals surface area (Å²) in [5.41, 5.74) is 6.17. The average molecular weight is 562 g/mol. The zero-order valence-corrected chi connectivity index (χ0v) is 23.1. The Kier molecular flexibility index (Phi) is 9.01. The van der Waals surface area contributed by atoms with Crippen LogP contribution in [0.15, 0.2) is 107 Å². The summed E-state index contributed by atoms with van der Waals surface area (Å²) in [6.45, 7) is 3.62. The van der Waals surface area contributed by atoms with Crippen molar-refractivity contribution in [3.63, 3.8) is 0 Å². The Labute approximate surface area is 233 Å².